The largest absolute Gasteiger partial charge is 0.299 e. The minimum Gasteiger partial charge on any atom is -0.299 e. The third-order valence-corrected chi connectivity index (χ3v) is 6.31. The number of carbonyl (C=O) groups excluding carboxylic acids is 2. The van der Waals surface area contributed by atoms with E-state index in [1.165, 1.54) is 70.6 Å². The molecule has 0 aromatic heterocycles. The second-order valence-corrected chi connectivity index (χ2v) is 8.91. The van der Waals surface area contributed by atoms with Gasteiger partial charge in [0.1, 0.15) is 11.6 Å². The summed E-state index contributed by atoms with van der Waals surface area (Å²) in [6.07, 6.45) is 21.5. The molecule has 0 amide bonds. The summed E-state index contributed by atoms with van der Waals surface area (Å²) in [7, 11) is 0. The van der Waals surface area contributed by atoms with Crippen molar-refractivity contribution in [3.8, 4) is 0 Å². The van der Waals surface area contributed by atoms with E-state index in [0.29, 0.717) is 12.8 Å². The maximum atomic E-state index is 12.6. The van der Waals surface area contributed by atoms with Crippen LogP contribution in [0.2, 0.25) is 0 Å². The molecule has 0 bridgehead atoms. The lowest BCUT2D eigenvalue weighted by Gasteiger charge is -2.16. The summed E-state index contributed by atoms with van der Waals surface area (Å²) in [6, 6.07) is 0. The van der Waals surface area contributed by atoms with Crippen LogP contribution >= 0.6 is 15.9 Å². The molecule has 1 unspecified atom stereocenters. The Balaban J connectivity index is 2.20. The molecular weight excluding hydrogens is 388 g/mol. The highest BCUT2D eigenvalue weighted by atomic mass is 79.9. The van der Waals surface area contributed by atoms with Gasteiger partial charge in [-0.1, -0.05) is 99.4 Å². The molecule has 0 aliphatic heterocycles. The molecule has 0 aromatic carbocycles. The zero-order valence-corrected chi connectivity index (χ0v) is 18.5. The van der Waals surface area contributed by atoms with Crippen molar-refractivity contribution in [1.29, 1.82) is 0 Å². The molecule has 0 aromatic rings. The standard InChI is InChI=1S/C23H41BrO2/c24-20-16-12-8-4-3-7-11-15-19-23(26)21-17-13-9-5-1-2-6-10-14-18-22(21)25/h21H,1-20H2. The van der Waals surface area contributed by atoms with Crippen LogP contribution in [0.1, 0.15) is 122 Å². The van der Waals surface area contributed by atoms with E-state index in [-0.39, 0.29) is 17.5 Å². The van der Waals surface area contributed by atoms with Gasteiger partial charge in [0, 0.05) is 18.2 Å². The molecule has 1 rings (SSSR count). The molecule has 0 radical (unpaired) electrons. The molecular formula is C23H41BrO2. The Morgan fingerprint density at radius 2 is 1.23 bits per heavy atom. The van der Waals surface area contributed by atoms with Gasteiger partial charge in [0.05, 0.1) is 5.92 Å². The highest BCUT2D eigenvalue weighted by Gasteiger charge is 2.24. The van der Waals surface area contributed by atoms with Gasteiger partial charge in [-0.05, 0) is 25.7 Å². The Morgan fingerprint density at radius 1 is 0.731 bits per heavy atom. The van der Waals surface area contributed by atoms with Gasteiger partial charge in [0.2, 0.25) is 0 Å². The van der Waals surface area contributed by atoms with Crippen LogP contribution in [0.5, 0.6) is 0 Å². The SMILES string of the molecule is O=C(CCCCCCCCCCBr)C1CCCCCCCCCCC1=O. The van der Waals surface area contributed by atoms with E-state index in [4.69, 9.17) is 0 Å². The first-order valence-electron chi connectivity index (χ1n) is 11.4. The van der Waals surface area contributed by atoms with Crippen LogP contribution in [-0.4, -0.2) is 16.9 Å². The smallest absolute Gasteiger partial charge is 0.143 e. The summed E-state index contributed by atoms with van der Waals surface area (Å²) < 4.78 is 0. The van der Waals surface area contributed by atoms with Gasteiger partial charge in [0.25, 0.3) is 0 Å². The molecule has 0 N–H and O–H groups in total. The number of halogens is 1. The quantitative estimate of drug-likeness (QED) is 0.193. The molecule has 1 aliphatic carbocycles. The summed E-state index contributed by atoms with van der Waals surface area (Å²) in [5.74, 6) is 0.199. The van der Waals surface area contributed by atoms with E-state index in [2.05, 4.69) is 15.9 Å². The topological polar surface area (TPSA) is 34.1 Å². The van der Waals surface area contributed by atoms with Gasteiger partial charge < -0.3 is 0 Å². The maximum absolute atomic E-state index is 12.6. The summed E-state index contributed by atoms with van der Waals surface area (Å²) >= 11 is 3.47. The molecule has 0 saturated heterocycles. The predicted octanol–water partition coefficient (Wildman–Crippen LogP) is 7.56. The minimum absolute atomic E-state index is 0.238. The summed E-state index contributed by atoms with van der Waals surface area (Å²) in [5.41, 5.74) is 0. The van der Waals surface area contributed by atoms with Crippen molar-refractivity contribution in [2.24, 2.45) is 5.92 Å². The van der Waals surface area contributed by atoms with Crippen molar-refractivity contribution < 1.29 is 9.59 Å². The molecule has 1 saturated carbocycles. The Labute approximate surface area is 170 Å². The lowest BCUT2D eigenvalue weighted by Crippen LogP contribution is -2.24. The average Bonchev–Trinajstić information content (AvgIpc) is 2.63. The molecule has 0 heterocycles. The van der Waals surface area contributed by atoms with Gasteiger partial charge in [-0.25, -0.2) is 0 Å². The number of ketones is 2. The van der Waals surface area contributed by atoms with E-state index < -0.39 is 0 Å². The highest BCUT2D eigenvalue weighted by Crippen LogP contribution is 2.21. The van der Waals surface area contributed by atoms with Crippen LogP contribution in [0.4, 0.5) is 0 Å². The van der Waals surface area contributed by atoms with E-state index in [1.807, 2.05) is 0 Å². The predicted molar refractivity (Wildman–Crippen MR) is 115 cm³/mol. The fourth-order valence-electron chi connectivity index (χ4n) is 4.01. The van der Waals surface area contributed by atoms with Crippen molar-refractivity contribution in [3.05, 3.63) is 0 Å². The Kier molecular flexibility index (Phi) is 15.6. The van der Waals surface area contributed by atoms with Gasteiger partial charge in [0.15, 0.2) is 0 Å². The lowest BCUT2D eigenvalue weighted by molar-refractivity contribution is -0.133. The molecule has 1 fully saturated rings. The number of alkyl halides is 1. The molecule has 0 spiro atoms. The number of rotatable bonds is 11. The van der Waals surface area contributed by atoms with E-state index >= 15 is 0 Å². The second-order valence-electron chi connectivity index (χ2n) is 8.12. The number of unbranched alkanes of at least 4 members (excludes halogenated alkanes) is 7. The Morgan fingerprint density at radius 3 is 1.85 bits per heavy atom. The van der Waals surface area contributed by atoms with Crippen molar-refractivity contribution in [3.63, 3.8) is 0 Å². The first kappa shape index (κ1) is 23.9. The van der Waals surface area contributed by atoms with Crippen molar-refractivity contribution >= 4 is 27.5 Å². The Bertz CT molecular complexity index is 367. The Hall–Kier alpha value is -0.180. The first-order valence-corrected chi connectivity index (χ1v) is 12.5. The third kappa shape index (κ3) is 12.3. The zero-order chi connectivity index (χ0) is 18.9. The highest BCUT2D eigenvalue weighted by molar-refractivity contribution is 9.09. The van der Waals surface area contributed by atoms with Crippen LogP contribution in [0.3, 0.4) is 0 Å². The zero-order valence-electron chi connectivity index (χ0n) is 16.9. The minimum atomic E-state index is -0.279. The fraction of sp³-hybridized carbons (Fsp3) is 0.913. The summed E-state index contributed by atoms with van der Waals surface area (Å²) in [6.45, 7) is 0. The van der Waals surface area contributed by atoms with Crippen LogP contribution in [0.15, 0.2) is 0 Å². The van der Waals surface area contributed by atoms with Crippen molar-refractivity contribution in [2.75, 3.05) is 5.33 Å². The summed E-state index contributed by atoms with van der Waals surface area (Å²) in [5, 5.41) is 1.12. The molecule has 3 heteroatoms. The molecule has 26 heavy (non-hydrogen) atoms. The van der Waals surface area contributed by atoms with Crippen molar-refractivity contribution in [2.45, 2.75) is 122 Å². The third-order valence-electron chi connectivity index (χ3n) is 5.75. The number of Topliss-reactive ketones (excluding diaryl/α,β-unsaturated/α-hetero) is 2. The average molecular weight is 429 g/mol. The molecule has 2 nitrogen and oxygen atoms in total. The number of hydrogen-bond donors (Lipinski definition) is 0. The number of carbonyl (C=O) groups is 2. The fourth-order valence-corrected chi connectivity index (χ4v) is 4.41. The van der Waals surface area contributed by atoms with Crippen LogP contribution in [0.25, 0.3) is 0 Å². The monoisotopic (exact) mass is 428 g/mol. The van der Waals surface area contributed by atoms with E-state index in [1.54, 1.807) is 0 Å². The first-order chi connectivity index (χ1) is 12.8. The van der Waals surface area contributed by atoms with E-state index in [9.17, 15) is 9.59 Å². The number of hydrogen-bond acceptors (Lipinski definition) is 2. The molecule has 1 atom stereocenters. The normalized spacial score (nSPS) is 20.3. The molecule has 152 valence electrons. The lowest BCUT2D eigenvalue weighted by atomic mass is 9.87. The van der Waals surface area contributed by atoms with Gasteiger partial charge in [-0.15, -0.1) is 0 Å². The maximum Gasteiger partial charge on any atom is 0.143 e. The van der Waals surface area contributed by atoms with Crippen LogP contribution in [-0.2, 0) is 9.59 Å². The van der Waals surface area contributed by atoms with Crippen LogP contribution < -0.4 is 0 Å². The molecule has 1 aliphatic rings. The van der Waals surface area contributed by atoms with Gasteiger partial charge >= 0.3 is 0 Å². The second kappa shape index (κ2) is 17.0. The van der Waals surface area contributed by atoms with Crippen LogP contribution in [0, 0.1) is 5.92 Å². The summed E-state index contributed by atoms with van der Waals surface area (Å²) in [4.78, 5) is 25.1. The van der Waals surface area contributed by atoms with E-state index in [0.717, 1.165) is 43.9 Å². The van der Waals surface area contributed by atoms with Gasteiger partial charge in [-0.2, -0.15) is 0 Å². The van der Waals surface area contributed by atoms with Gasteiger partial charge in [-0.3, -0.25) is 9.59 Å². The van der Waals surface area contributed by atoms with Crippen molar-refractivity contribution in [1.82, 2.24) is 0 Å².